The highest BCUT2D eigenvalue weighted by molar-refractivity contribution is 5.15. The number of aryl methyl sites for hydroxylation is 2. The van der Waals surface area contributed by atoms with Crippen LogP contribution in [0.15, 0.2) is 6.07 Å². The quantitative estimate of drug-likeness (QED) is 0.890. The maximum Gasteiger partial charge on any atom is 0.0625 e. The van der Waals surface area contributed by atoms with Crippen molar-refractivity contribution in [2.75, 3.05) is 0 Å². The van der Waals surface area contributed by atoms with Gasteiger partial charge in [-0.2, -0.15) is 5.10 Å². The Balaban J connectivity index is 2.17. The monoisotopic (exact) mass is 249 g/mol. The summed E-state index contributed by atoms with van der Waals surface area (Å²) >= 11 is 0. The van der Waals surface area contributed by atoms with Crippen molar-refractivity contribution < 1.29 is 0 Å². The van der Waals surface area contributed by atoms with Gasteiger partial charge in [-0.15, -0.1) is 0 Å². The fourth-order valence-corrected chi connectivity index (χ4v) is 3.46. The van der Waals surface area contributed by atoms with E-state index < -0.39 is 0 Å². The van der Waals surface area contributed by atoms with Crippen molar-refractivity contribution in [1.82, 2.24) is 9.78 Å². The van der Waals surface area contributed by atoms with E-state index in [4.69, 9.17) is 5.73 Å². The molecule has 2 rings (SSSR count). The average Bonchev–Trinajstić information content (AvgIpc) is 2.79. The largest absolute Gasteiger partial charge is 0.322 e. The van der Waals surface area contributed by atoms with E-state index in [0.717, 1.165) is 18.0 Å². The van der Waals surface area contributed by atoms with Crippen molar-refractivity contribution in [1.29, 1.82) is 0 Å². The third kappa shape index (κ3) is 2.61. The summed E-state index contributed by atoms with van der Waals surface area (Å²) in [5, 5.41) is 4.53. The average molecular weight is 249 g/mol. The van der Waals surface area contributed by atoms with Gasteiger partial charge in [0, 0.05) is 13.1 Å². The van der Waals surface area contributed by atoms with Gasteiger partial charge in [-0.05, 0) is 30.7 Å². The van der Waals surface area contributed by atoms with E-state index in [9.17, 15) is 0 Å². The van der Waals surface area contributed by atoms with E-state index in [2.05, 4.69) is 25.0 Å². The van der Waals surface area contributed by atoms with E-state index in [1.807, 2.05) is 11.7 Å². The van der Waals surface area contributed by atoms with Crippen molar-refractivity contribution >= 4 is 0 Å². The highest BCUT2D eigenvalue weighted by atomic mass is 15.3. The number of rotatable bonds is 4. The van der Waals surface area contributed by atoms with Crippen molar-refractivity contribution in [3.05, 3.63) is 17.5 Å². The van der Waals surface area contributed by atoms with Gasteiger partial charge in [0.1, 0.15) is 0 Å². The Kier molecular flexibility index (Phi) is 4.44. The summed E-state index contributed by atoms with van der Waals surface area (Å²) in [6.45, 7) is 4.45. The molecule has 18 heavy (non-hydrogen) atoms. The van der Waals surface area contributed by atoms with Crippen molar-refractivity contribution in [2.24, 2.45) is 24.6 Å². The van der Waals surface area contributed by atoms with Crippen LogP contribution in [0.4, 0.5) is 0 Å². The third-order valence-electron chi connectivity index (χ3n) is 4.62. The highest BCUT2D eigenvalue weighted by Crippen LogP contribution is 2.39. The van der Waals surface area contributed by atoms with Gasteiger partial charge in [0.2, 0.25) is 0 Å². The molecule has 102 valence electrons. The predicted octanol–water partition coefficient (Wildman–Crippen LogP) is 3.20. The smallest absolute Gasteiger partial charge is 0.0625 e. The molecule has 0 spiro atoms. The first-order valence-electron chi connectivity index (χ1n) is 7.45. The first kappa shape index (κ1) is 13.6. The van der Waals surface area contributed by atoms with Crippen LogP contribution < -0.4 is 5.73 Å². The molecular weight excluding hydrogens is 222 g/mol. The van der Waals surface area contributed by atoms with E-state index in [1.165, 1.54) is 37.8 Å². The summed E-state index contributed by atoms with van der Waals surface area (Å²) in [5.41, 5.74) is 8.92. The topological polar surface area (TPSA) is 43.8 Å². The molecule has 1 heterocycles. The number of nitrogens with two attached hydrogens (primary N) is 1. The predicted molar refractivity (Wildman–Crippen MR) is 75.3 cm³/mol. The zero-order valence-corrected chi connectivity index (χ0v) is 12.0. The van der Waals surface area contributed by atoms with Gasteiger partial charge in [0.25, 0.3) is 0 Å². The molecule has 1 aromatic heterocycles. The molecule has 3 unspecified atom stereocenters. The van der Waals surface area contributed by atoms with Gasteiger partial charge >= 0.3 is 0 Å². The fourth-order valence-electron chi connectivity index (χ4n) is 3.46. The lowest BCUT2D eigenvalue weighted by Crippen LogP contribution is -2.31. The second-order valence-electron chi connectivity index (χ2n) is 5.68. The molecule has 3 atom stereocenters. The van der Waals surface area contributed by atoms with Crippen molar-refractivity contribution in [3.63, 3.8) is 0 Å². The lowest BCUT2D eigenvalue weighted by atomic mass is 9.73. The highest BCUT2D eigenvalue weighted by Gasteiger charge is 2.31. The molecule has 0 aliphatic heterocycles. The Morgan fingerprint density at radius 2 is 2.11 bits per heavy atom. The van der Waals surface area contributed by atoms with Gasteiger partial charge in [-0.25, -0.2) is 0 Å². The molecule has 0 saturated heterocycles. The summed E-state index contributed by atoms with van der Waals surface area (Å²) in [5.74, 6) is 1.44. The number of aromatic nitrogens is 2. The zero-order valence-electron chi connectivity index (χ0n) is 12.0. The Labute approximate surface area is 111 Å². The Bertz CT molecular complexity index is 383. The summed E-state index contributed by atoms with van der Waals surface area (Å²) in [6.07, 6.45) is 7.61. The van der Waals surface area contributed by atoms with Crippen molar-refractivity contribution in [3.8, 4) is 0 Å². The Morgan fingerprint density at radius 1 is 1.39 bits per heavy atom. The van der Waals surface area contributed by atoms with Crippen LogP contribution in [-0.4, -0.2) is 9.78 Å². The molecule has 1 aromatic rings. The minimum atomic E-state index is 0.160. The molecule has 1 saturated carbocycles. The molecule has 3 heteroatoms. The summed E-state index contributed by atoms with van der Waals surface area (Å²) in [6, 6.07) is 2.36. The molecule has 0 bridgehead atoms. The van der Waals surface area contributed by atoms with E-state index in [1.54, 1.807) is 0 Å². The second-order valence-corrected chi connectivity index (χ2v) is 5.68. The molecule has 3 nitrogen and oxygen atoms in total. The van der Waals surface area contributed by atoms with E-state index >= 15 is 0 Å². The lowest BCUT2D eigenvalue weighted by molar-refractivity contribution is 0.192. The van der Waals surface area contributed by atoms with Crippen LogP contribution in [0.2, 0.25) is 0 Å². The SMILES string of the molecule is CCc1cc(C(N)C2CCCCC2CC)n(C)n1. The Hall–Kier alpha value is -0.830. The molecule has 0 aromatic carbocycles. The van der Waals surface area contributed by atoms with Crippen LogP contribution >= 0.6 is 0 Å². The van der Waals surface area contributed by atoms with Crippen LogP contribution in [0.1, 0.15) is 63.4 Å². The molecular formula is C15H27N3. The summed E-state index contributed by atoms with van der Waals surface area (Å²) < 4.78 is 1.99. The third-order valence-corrected chi connectivity index (χ3v) is 4.62. The van der Waals surface area contributed by atoms with E-state index in [-0.39, 0.29) is 6.04 Å². The fraction of sp³-hybridized carbons (Fsp3) is 0.800. The standard InChI is InChI=1S/C15H27N3/c1-4-11-8-6-7-9-13(11)15(16)14-10-12(5-2)17-18(14)3/h10-11,13,15H,4-9,16H2,1-3H3. The Morgan fingerprint density at radius 3 is 2.72 bits per heavy atom. The maximum absolute atomic E-state index is 6.54. The van der Waals surface area contributed by atoms with Crippen LogP contribution in [-0.2, 0) is 13.5 Å². The minimum absolute atomic E-state index is 0.160. The molecule has 2 N–H and O–H groups in total. The number of nitrogens with zero attached hydrogens (tertiary/aromatic N) is 2. The minimum Gasteiger partial charge on any atom is -0.322 e. The first-order valence-corrected chi connectivity index (χ1v) is 7.45. The summed E-state index contributed by atoms with van der Waals surface area (Å²) in [4.78, 5) is 0. The molecule has 0 radical (unpaired) electrons. The molecule has 1 fully saturated rings. The van der Waals surface area contributed by atoms with Crippen LogP contribution in [0, 0.1) is 11.8 Å². The second kappa shape index (κ2) is 5.87. The van der Waals surface area contributed by atoms with Gasteiger partial charge in [0.05, 0.1) is 11.4 Å². The molecule has 1 aliphatic rings. The van der Waals surface area contributed by atoms with Crippen LogP contribution in [0.25, 0.3) is 0 Å². The van der Waals surface area contributed by atoms with Crippen molar-refractivity contribution in [2.45, 2.75) is 58.4 Å². The normalized spacial score (nSPS) is 26.2. The first-order chi connectivity index (χ1) is 8.67. The lowest BCUT2D eigenvalue weighted by Gasteiger charge is -2.35. The zero-order chi connectivity index (χ0) is 13.1. The number of hydrogen-bond donors (Lipinski definition) is 1. The maximum atomic E-state index is 6.54. The molecule has 1 aliphatic carbocycles. The van der Waals surface area contributed by atoms with Gasteiger partial charge in [-0.3, -0.25) is 4.68 Å². The van der Waals surface area contributed by atoms with Gasteiger partial charge in [0.15, 0.2) is 0 Å². The van der Waals surface area contributed by atoms with E-state index in [0.29, 0.717) is 5.92 Å². The van der Waals surface area contributed by atoms with Crippen LogP contribution in [0.5, 0.6) is 0 Å². The molecule has 0 amide bonds. The van der Waals surface area contributed by atoms with Gasteiger partial charge < -0.3 is 5.73 Å². The summed E-state index contributed by atoms with van der Waals surface area (Å²) in [7, 11) is 2.03. The number of hydrogen-bond acceptors (Lipinski definition) is 2. The van der Waals surface area contributed by atoms with Gasteiger partial charge in [-0.1, -0.05) is 39.5 Å². The van der Waals surface area contributed by atoms with Crippen LogP contribution in [0.3, 0.4) is 0 Å².